The molecule has 0 amide bonds. The molecule has 29 heavy (non-hydrogen) atoms. The van der Waals surface area contributed by atoms with Crippen molar-refractivity contribution in [3.05, 3.63) is 69.7 Å². The summed E-state index contributed by atoms with van der Waals surface area (Å²) < 4.78 is 0. The molecule has 7 heteroatoms. The van der Waals surface area contributed by atoms with Crippen molar-refractivity contribution >= 4 is 39.5 Å². The van der Waals surface area contributed by atoms with Crippen LogP contribution in [0.15, 0.2) is 59.6 Å². The number of likely N-dealkylation sites (tertiary alicyclic amines) is 1. The van der Waals surface area contributed by atoms with Gasteiger partial charge in [-0.25, -0.2) is 4.99 Å². The Labute approximate surface area is 178 Å². The third-order valence-electron chi connectivity index (χ3n) is 5.05. The molecule has 1 saturated heterocycles. The van der Waals surface area contributed by atoms with Crippen LogP contribution in [0.3, 0.4) is 0 Å². The zero-order valence-corrected chi connectivity index (χ0v) is 17.5. The second-order valence-electron chi connectivity index (χ2n) is 7.05. The Balaban J connectivity index is 1.78. The Bertz CT molecular complexity index is 1060. The Kier molecular flexibility index (Phi) is 5.65. The van der Waals surface area contributed by atoms with Gasteiger partial charge in [0.1, 0.15) is 10.8 Å². The van der Waals surface area contributed by atoms with Crippen molar-refractivity contribution < 1.29 is 4.92 Å². The van der Waals surface area contributed by atoms with Crippen LogP contribution in [0.2, 0.25) is 5.02 Å². The lowest BCUT2D eigenvalue weighted by molar-refractivity contribution is -0.384. The molecular weight excluding hydrogens is 406 g/mol. The summed E-state index contributed by atoms with van der Waals surface area (Å²) in [7, 11) is 2.09. The van der Waals surface area contributed by atoms with Gasteiger partial charge >= 0.3 is 0 Å². The third kappa shape index (κ3) is 4.33. The van der Waals surface area contributed by atoms with E-state index < -0.39 is 0 Å². The number of nitrogens with zero attached hydrogens (tertiary/aromatic N) is 3. The third-order valence-corrected chi connectivity index (χ3v) is 6.38. The molecule has 0 spiro atoms. The molecule has 3 aromatic rings. The Morgan fingerprint density at radius 1 is 1.07 bits per heavy atom. The number of piperidine rings is 1. The molecule has 0 N–H and O–H groups in total. The van der Waals surface area contributed by atoms with Crippen LogP contribution in [-0.4, -0.2) is 29.3 Å². The molecule has 1 aromatic heterocycles. The smallest absolute Gasteiger partial charge is 0.269 e. The number of thiophene rings is 1. The Hall–Kier alpha value is -2.70. The first-order valence-corrected chi connectivity index (χ1v) is 10.6. The van der Waals surface area contributed by atoms with E-state index in [1.54, 1.807) is 23.5 Å². The Morgan fingerprint density at radius 2 is 1.76 bits per heavy atom. The SMILES string of the molecule is CN1CCCC/C1=N\c1sc(-c2ccc([N+](=O)[O-])cc2)cc1-c1ccc(Cl)cc1. The fourth-order valence-corrected chi connectivity index (χ4v) is 4.60. The van der Waals surface area contributed by atoms with E-state index in [4.69, 9.17) is 16.6 Å². The summed E-state index contributed by atoms with van der Waals surface area (Å²) in [5, 5.41) is 12.6. The summed E-state index contributed by atoms with van der Waals surface area (Å²) in [6.45, 7) is 1.02. The molecule has 148 valence electrons. The molecule has 0 saturated carbocycles. The van der Waals surface area contributed by atoms with Crippen molar-refractivity contribution in [3.8, 4) is 21.6 Å². The molecule has 2 heterocycles. The van der Waals surface area contributed by atoms with Gasteiger partial charge in [0.15, 0.2) is 0 Å². The number of amidine groups is 1. The van der Waals surface area contributed by atoms with Crippen LogP contribution in [0.5, 0.6) is 0 Å². The maximum Gasteiger partial charge on any atom is 0.269 e. The largest absolute Gasteiger partial charge is 0.363 e. The standard InChI is InChI=1S/C22H20ClN3O2S/c1-25-13-3-2-4-21(25)24-22-19(15-5-9-17(23)10-6-15)14-20(29-22)16-7-11-18(12-8-16)26(27)28/h5-12,14H,2-4,13H2,1H3/b24-21+. The van der Waals surface area contributed by atoms with Crippen molar-refractivity contribution in [2.75, 3.05) is 13.6 Å². The zero-order valence-electron chi connectivity index (χ0n) is 16.0. The van der Waals surface area contributed by atoms with Crippen LogP contribution in [0.25, 0.3) is 21.6 Å². The van der Waals surface area contributed by atoms with Crippen molar-refractivity contribution in [1.29, 1.82) is 0 Å². The predicted molar refractivity (Wildman–Crippen MR) is 120 cm³/mol. The molecule has 1 fully saturated rings. The fraction of sp³-hybridized carbons (Fsp3) is 0.227. The second-order valence-corrected chi connectivity index (χ2v) is 8.51. The summed E-state index contributed by atoms with van der Waals surface area (Å²) in [6, 6.07) is 16.5. The number of nitro benzene ring substituents is 1. The lowest BCUT2D eigenvalue weighted by atomic mass is 10.1. The summed E-state index contributed by atoms with van der Waals surface area (Å²) in [6.07, 6.45) is 3.32. The van der Waals surface area contributed by atoms with E-state index in [1.807, 2.05) is 24.3 Å². The fourth-order valence-electron chi connectivity index (χ4n) is 3.40. The minimum Gasteiger partial charge on any atom is -0.363 e. The molecule has 0 bridgehead atoms. The molecular formula is C22H20ClN3O2S. The molecule has 1 aliphatic heterocycles. The molecule has 5 nitrogen and oxygen atoms in total. The minimum absolute atomic E-state index is 0.0903. The van der Waals surface area contributed by atoms with Crippen LogP contribution >= 0.6 is 22.9 Å². The van der Waals surface area contributed by atoms with Gasteiger partial charge in [0.05, 0.1) is 4.92 Å². The molecule has 0 atom stereocenters. The number of hydrogen-bond acceptors (Lipinski definition) is 4. The topological polar surface area (TPSA) is 58.7 Å². The summed E-state index contributed by atoms with van der Waals surface area (Å²) in [4.78, 5) is 18.8. The van der Waals surface area contributed by atoms with Crippen molar-refractivity contribution in [2.24, 2.45) is 4.99 Å². The molecule has 1 aliphatic rings. The van der Waals surface area contributed by atoms with Crippen LogP contribution in [0.4, 0.5) is 10.7 Å². The minimum atomic E-state index is -0.381. The van der Waals surface area contributed by atoms with Gasteiger partial charge in [-0.3, -0.25) is 10.1 Å². The predicted octanol–water partition coefficient (Wildman–Crippen LogP) is 6.79. The van der Waals surface area contributed by atoms with Gasteiger partial charge in [0.25, 0.3) is 5.69 Å². The maximum absolute atomic E-state index is 10.9. The van der Waals surface area contributed by atoms with Crippen LogP contribution < -0.4 is 0 Å². The zero-order chi connectivity index (χ0) is 20.4. The second kappa shape index (κ2) is 8.35. The quantitative estimate of drug-likeness (QED) is 0.341. The van der Waals surface area contributed by atoms with Gasteiger partial charge in [0.2, 0.25) is 0 Å². The highest BCUT2D eigenvalue weighted by Gasteiger charge is 2.17. The van der Waals surface area contributed by atoms with Gasteiger partial charge < -0.3 is 4.90 Å². The van der Waals surface area contributed by atoms with E-state index in [2.05, 4.69) is 18.0 Å². The summed E-state index contributed by atoms with van der Waals surface area (Å²) in [5.41, 5.74) is 3.13. The number of rotatable bonds is 4. The number of aliphatic imine (C=N–C) groups is 1. The average molecular weight is 426 g/mol. The van der Waals surface area contributed by atoms with Crippen molar-refractivity contribution in [1.82, 2.24) is 4.90 Å². The summed E-state index contributed by atoms with van der Waals surface area (Å²) in [5.74, 6) is 1.10. The van der Waals surface area contributed by atoms with Gasteiger partial charge in [-0.05, 0) is 54.3 Å². The molecule has 2 aromatic carbocycles. The van der Waals surface area contributed by atoms with Crippen LogP contribution in [0.1, 0.15) is 19.3 Å². The number of hydrogen-bond donors (Lipinski definition) is 0. The molecule has 0 aliphatic carbocycles. The number of nitro groups is 1. The van der Waals surface area contributed by atoms with Crippen molar-refractivity contribution in [3.63, 3.8) is 0 Å². The molecule has 4 rings (SSSR count). The van der Waals surface area contributed by atoms with Gasteiger partial charge in [-0.1, -0.05) is 23.7 Å². The van der Waals surface area contributed by atoms with E-state index in [-0.39, 0.29) is 10.6 Å². The van der Waals surface area contributed by atoms with Crippen LogP contribution in [-0.2, 0) is 0 Å². The van der Waals surface area contributed by atoms with Gasteiger partial charge in [-0.2, -0.15) is 0 Å². The van der Waals surface area contributed by atoms with Crippen LogP contribution in [0, 0.1) is 10.1 Å². The first kappa shape index (κ1) is 19.6. The maximum atomic E-state index is 10.9. The molecule has 0 unspecified atom stereocenters. The van der Waals surface area contributed by atoms with Gasteiger partial charge in [0, 0.05) is 47.6 Å². The lowest BCUT2D eigenvalue weighted by Gasteiger charge is -2.25. The van der Waals surface area contributed by atoms with E-state index >= 15 is 0 Å². The average Bonchev–Trinajstić information content (AvgIpc) is 3.14. The highest BCUT2D eigenvalue weighted by molar-refractivity contribution is 7.19. The first-order chi connectivity index (χ1) is 14.0. The Morgan fingerprint density at radius 3 is 2.41 bits per heavy atom. The highest BCUT2D eigenvalue weighted by atomic mass is 35.5. The van der Waals surface area contributed by atoms with E-state index in [9.17, 15) is 10.1 Å². The van der Waals surface area contributed by atoms with Crippen molar-refractivity contribution in [2.45, 2.75) is 19.3 Å². The number of non-ortho nitro benzene ring substituents is 1. The number of halogens is 1. The summed E-state index contributed by atoms with van der Waals surface area (Å²) >= 11 is 7.67. The monoisotopic (exact) mass is 425 g/mol. The first-order valence-electron chi connectivity index (χ1n) is 9.44. The van der Waals surface area contributed by atoms with E-state index in [1.165, 1.54) is 18.6 Å². The highest BCUT2D eigenvalue weighted by Crippen LogP contribution is 2.44. The van der Waals surface area contributed by atoms with E-state index in [0.717, 1.165) is 51.8 Å². The number of benzene rings is 2. The van der Waals surface area contributed by atoms with Gasteiger partial charge in [-0.15, -0.1) is 11.3 Å². The molecule has 0 radical (unpaired) electrons. The lowest BCUT2D eigenvalue weighted by Crippen LogP contribution is -2.31. The normalized spacial score (nSPS) is 15.7. The van der Waals surface area contributed by atoms with E-state index in [0.29, 0.717) is 5.02 Å².